The third kappa shape index (κ3) is 7.22. The average Bonchev–Trinajstić information content (AvgIpc) is 2.69. The first-order valence-electron chi connectivity index (χ1n) is 10.1. The molecule has 29 heavy (non-hydrogen) atoms. The Balaban J connectivity index is 1.84. The van der Waals surface area contributed by atoms with Crippen LogP contribution in [-0.2, 0) is 17.8 Å². The molecule has 0 aliphatic heterocycles. The maximum Gasteiger partial charge on any atom is 0.246 e. The van der Waals surface area contributed by atoms with Gasteiger partial charge in [-0.25, -0.2) is 9.87 Å². The molecule has 6 heteroatoms. The zero-order valence-electron chi connectivity index (χ0n) is 17.8. The highest BCUT2D eigenvalue weighted by molar-refractivity contribution is 5.77. The second-order valence-corrected chi connectivity index (χ2v) is 7.93. The van der Waals surface area contributed by atoms with Crippen LogP contribution in [-0.4, -0.2) is 34.6 Å². The van der Waals surface area contributed by atoms with Crippen molar-refractivity contribution in [3.8, 4) is 0 Å². The lowest BCUT2D eigenvalue weighted by Gasteiger charge is -2.19. The number of carbonyl (C=O) groups excluding carboxylic acids is 1. The van der Waals surface area contributed by atoms with Crippen molar-refractivity contribution in [3.05, 3.63) is 64.2 Å². The summed E-state index contributed by atoms with van der Waals surface area (Å²) >= 11 is 0. The molecular formula is C23H32FN3O2. The van der Waals surface area contributed by atoms with Gasteiger partial charge in [0.15, 0.2) is 0 Å². The average molecular weight is 402 g/mol. The van der Waals surface area contributed by atoms with Gasteiger partial charge in [0.05, 0.1) is 11.9 Å². The molecule has 158 valence electrons. The van der Waals surface area contributed by atoms with Crippen molar-refractivity contribution in [2.75, 3.05) is 13.6 Å². The minimum absolute atomic E-state index is 0.259. The van der Waals surface area contributed by atoms with Gasteiger partial charge in [0.2, 0.25) is 5.91 Å². The van der Waals surface area contributed by atoms with Gasteiger partial charge in [-0.05, 0) is 88.0 Å². The number of nitrogens with zero attached hydrogens (tertiary/aromatic N) is 2. The second-order valence-electron chi connectivity index (χ2n) is 7.93. The van der Waals surface area contributed by atoms with Crippen LogP contribution in [0.5, 0.6) is 0 Å². The van der Waals surface area contributed by atoms with Crippen LogP contribution in [0.25, 0.3) is 0 Å². The van der Waals surface area contributed by atoms with Crippen molar-refractivity contribution in [2.45, 2.75) is 53.0 Å². The standard InChI is InChI=1S/C23H32FN3O2/c1-16-11-19(12-17(2)18(16)3)13-20(23(28)26-29)7-5-6-10-27(4)15-22-9-8-21(24)14-25-22/h8-9,11-12,14,20,29H,5-7,10,13,15H2,1-4H3,(H,26,28)/t20-/m0/s1. The van der Waals surface area contributed by atoms with Gasteiger partial charge >= 0.3 is 0 Å². The number of hydroxylamine groups is 1. The number of carbonyl (C=O) groups is 1. The van der Waals surface area contributed by atoms with E-state index >= 15 is 0 Å². The van der Waals surface area contributed by atoms with Gasteiger partial charge in [0.25, 0.3) is 0 Å². The molecule has 5 nitrogen and oxygen atoms in total. The molecule has 1 atom stereocenters. The monoisotopic (exact) mass is 401 g/mol. The largest absolute Gasteiger partial charge is 0.301 e. The predicted molar refractivity (Wildman–Crippen MR) is 112 cm³/mol. The van der Waals surface area contributed by atoms with E-state index in [9.17, 15) is 9.18 Å². The third-order valence-corrected chi connectivity index (χ3v) is 5.51. The van der Waals surface area contributed by atoms with E-state index in [2.05, 4.69) is 42.8 Å². The van der Waals surface area contributed by atoms with E-state index in [1.54, 1.807) is 6.07 Å². The van der Waals surface area contributed by atoms with Crippen LogP contribution >= 0.6 is 0 Å². The van der Waals surface area contributed by atoms with E-state index in [1.807, 2.05) is 12.5 Å². The molecule has 0 aliphatic rings. The van der Waals surface area contributed by atoms with Gasteiger partial charge < -0.3 is 4.90 Å². The molecule has 1 amide bonds. The molecule has 0 radical (unpaired) electrons. The minimum Gasteiger partial charge on any atom is -0.301 e. The number of pyridine rings is 1. The SMILES string of the molecule is Cc1cc(C[C@H](CCCCN(C)Cc2ccc(F)cn2)C(=O)NO)cc(C)c1C. The Bertz CT molecular complexity index is 785. The first kappa shape index (κ1) is 23.0. The summed E-state index contributed by atoms with van der Waals surface area (Å²) in [5.74, 6) is -0.918. The van der Waals surface area contributed by atoms with Crippen LogP contribution in [0, 0.1) is 32.5 Å². The van der Waals surface area contributed by atoms with Crippen molar-refractivity contribution in [1.82, 2.24) is 15.4 Å². The fraction of sp³-hybridized carbons (Fsp3) is 0.478. The molecule has 0 bridgehead atoms. The first-order valence-corrected chi connectivity index (χ1v) is 10.1. The highest BCUT2D eigenvalue weighted by Crippen LogP contribution is 2.21. The summed E-state index contributed by atoms with van der Waals surface area (Å²) < 4.78 is 12.9. The topological polar surface area (TPSA) is 65.5 Å². The maximum absolute atomic E-state index is 12.9. The van der Waals surface area contributed by atoms with Crippen molar-refractivity contribution in [1.29, 1.82) is 0 Å². The number of nitrogens with one attached hydrogen (secondary N) is 1. The Kier molecular flexibility index (Phi) is 8.73. The van der Waals surface area contributed by atoms with Crippen molar-refractivity contribution >= 4 is 5.91 Å². The molecule has 0 saturated carbocycles. The van der Waals surface area contributed by atoms with Crippen LogP contribution in [0.1, 0.15) is 47.2 Å². The lowest BCUT2D eigenvalue weighted by molar-refractivity contribution is -0.133. The van der Waals surface area contributed by atoms with Crippen LogP contribution < -0.4 is 5.48 Å². The zero-order valence-corrected chi connectivity index (χ0v) is 17.8. The molecule has 0 saturated heterocycles. The molecule has 2 N–H and O–H groups in total. The van der Waals surface area contributed by atoms with E-state index < -0.39 is 0 Å². The quantitative estimate of drug-likeness (QED) is 0.357. The van der Waals surface area contributed by atoms with E-state index in [1.165, 1.54) is 29.0 Å². The Morgan fingerprint density at radius 3 is 2.48 bits per heavy atom. The summed E-state index contributed by atoms with van der Waals surface area (Å²) in [6, 6.07) is 7.37. The van der Waals surface area contributed by atoms with Crippen molar-refractivity contribution < 1.29 is 14.4 Å². The Morgan fingerprint density at radius 2 is 1.90 bits per heavy atom. The van der Waals surface area contributed by atoms with Gasteiger partial charge in [0, 0.05) is 12.5 Å². The molecule has 0 spiro atoms. The van der Waals surface area contributed by atoms with Gasteiger partial charge in [-0.3, -0.25) is 15.0 Å². The van der Waals surface area contributed by atoms with E-state index in [4.69, 9.17) is 5.21 Å². The van der Waals surface area contributed by atoms with E-state index in [-0.39, 0.29) is 17.6 Å². The zero-order chi connectivity index (χ0) is 21.4. The third-order valence-electron chi connectivity index (χ3n) is 5.51. The van der Waals surface area contributed by atoms with Gasteiger partial charge in [-0.2, -0.15) is 0 Å². The molecule has 0 aliphatic carbocycles. The van der Waals surface area contributed by atoms with Crippen molar-refractivity contribution in [3.63, 3.8) is 0 Å². The Morgan fingerprint density at radius 1 is 1.21 bits per heavy atom. The number of hydrogen-bond acceptors (Lipinski definition) is 4. The highest BCUT2D eigenvalue weighted by atomic mass is 19.1. The summed E-state index contributed by atoms with van der Waals surface area (Å²) in [5, 5.41) is 9.12. The maximum atomic E-state index is 12.9. The summed E-state index contributed by atoms with van der Waals surface area (Å²) in [5.41, 5.74) is 7.50. The minimum atomic E-state index is -0.330. The summed E-state index contributed by atoms with van der Waals surface area (Å²) in [4.78, 5) is 18.4. The predicted octanol–water partition coefficient (Wildman–Crippen LogP) is 4.11. The normalized spacial score (nSPS) is 12.2. The lowest BCUT2D eigenvalue weighted by atomic mass is 9.90. The molecule has 0 fully saturated rings. The summed E-state index contributed by atoms with van der Waals surface area (Å²) in [6.45, 7) is 7.78. The molecule has 1 heterocycles. The molecule has 1 aromatic heterocycles. The van der Waals surface area contributed by atoms with E-state index in [0.717, 1.165) is 30.6 Å². The fourth-order valence-corrected chi connectivity index (χ4v) is 3.57. The van der Waals surface area contributed by atoms with Gasteiger partial charge in [-0.1, -0.05) is 18.6 Å². The number of benzene rings is 1. The van der Waals surface area contributed by atoms with Crippen LogP contribution in [0.2, 0.25) is 0 Å². The molecule has 0 unspecified atom stereocenters. The molecule has 2 rings (SSSR count). The summed E-state index contributed by atoms with van der Waals surface area (Å²) in [6.07, 6.45) is 4.36. The molecule has 2 aromatic rings. The fourth-order valence-electron chi connectivity index (χ4n) is 3.57. The van der Waals surface area contributed by atoms with Crippen molar-refractivity contribution in [2.24, 2.45) is 5.92 Å². The number of rotatable bonds is 10. The van der Waals surface area contributed by atoms with Crippen LogP contribution in [0.15, 0.2) is 30.5 Å². The second kappa shape index (κ2) is 11.0. The molecular weight excluding hydrogens is 369 g/mol. The van der Waals surface area contributed by atoms with Gasteiger partial charge in [-0.15, -0.1) is 0 Å². The number of unbranched alkanes of at least 4 members (excludes halogenated alkanes) is 1. The van der Waals surface area contributed by atoms with Crippen LogP contribution in [0.4, 0.5) is 4.39 Å². The first-order chi connectivity index (χ1) is 13.8. The number of halogens is 1. The van der Waals surface area contributed by atoms with E-state index in [0.29, 0.717) is 19.4 Å². The number of aryl methyl sites for hydroxylation is 2. The number of hydrogen-bond donors (Lipinski definition) is 2. The Labute approximate surface area is 172 Å². The van der Waals surface area contributed by atoms with Gasteiger partial charge in [0.1, 0.15) is 5.82 Å². The summed E-state index contributed by atoms with van der Waals surface area (Å²) in [7, 11) is 2.00. The number of aromatic nitrogens is 1. The Hall–Kier alpha value is -2.31. The molecule has 1 aromatic carbocycles. The lowest BCUT2D eigenvalue weighted by Crippen LogP contribution is -2.29. The van der Waals surface area contributed by atoms with Crippen LogP contribution in [0.3, 0.4) is 0 Å². The smallest absolute Gasteiger partial charge is 0.246 e. The number of amides is 1. The highest BCUT2D eigenvalue weighted by Gasteiger charge is 2.19.